The largest absolute Gasteiger partial charge is 0.416 e. The molecule has 1 N–H and O–H groups in total. The molecule has 7 heteroatoms. The highest BCUT2D eigenvalue weighted by Gasteiger charge is 2.33. The lowest BCUT2D eigenvalue weighted by Gasteiger charge is -2.32. The summed E-state index contributed by atoms with van der Waals surface area (Å²) in [4.78, 5) is 4.22. The van der Waals surface area contributed by atoms with E-state index >= 15 is 0 Å². The first-order valence-electron chi connectivity index (χ1n) is 8.07. The summed E-state index contributed by atoms with van der Waals surface area (Å²) in [6.07, 6.45) is -4.41. The van der Waals surface area contributed by atoms with Crippen LogP contribution in [0.2, 0.25) is 0 Å². The molecule has 0 aliphatic carbocycles. The summed E-state index contributed by atoms with van der Waals surface area (Å²) in [5.41, 5.74) is -1.81. The van der Waals surface area contributed by atoms with Gasteiger partial charge in [0.2, 0.25) is 0 Å². The molecule has 1 fully saturated rings. The van der Waals surface area contributed by atoms with Crippen LogP contribution >= 0.6 is 0 Å². The van der Waals surface area contributed by atoms with E-state index in [1.165, 1.54) is 12.1 Å². The predicted octanol–water partition coefficient (Wildman–Crippen LogP) is 2.18. The Hall–Kier alpha value is -1.15. The molecule has 0 spiro atoms. The number of rotatable bonds is 6. The fraction of sp³-hybridized carbons (Fsp3) is 0.647. The van der Waals surface area contributed by atoms with Crippen LogP contribution in [-0.2, 0) is 16.5 Å². The van der Waals surface area contributed by atoms with Crippen molar-refractivity contribution < 1.29 is 23.0 Å². The van der Waals surface area contributed by atoms with E-state index in [1.807, 2.05) is 11.9 Å². The van der Waals surface area contributed by atoms with Crippen LogP contribution in [0, 0.1) is 0 Å². The van der Waals surface area contributed by atoms with Crippen molar-refractivity contribution in [2.75, 3.05) is 53.0 Å². The molecule has 0 aromatic heterocycles. The number of ether oxygens (including phenoxy) is 1. The maximum Gasteiger partial charge on any atom is 0.416 e. The summed E-state index contributed by atoms with van der Waals surface area (Å²) >= 11 is 0. The molecule has 0 amide bonds. The number of benzene rings is 1. The zero-order valence-electron chi connectivity index (χ0n) is 14.1. The third-order valence-electron chi connectivity index (χ3n) is 4.29. The molecule has 0 saturated carbocycles. The maximum absolute atomic E-state index is 12.8. The summed E-state index contributed by atoms with van der Waals surface area (Å²) in [5.74, 6) is 0. The van der Waals surface area contributed by atoms with E-state index in [0.717, 1.165) is 51.5 Å². The fourth-order valence-electron chi connectivity index (χ4n) is 2.86. The number of aliphatic hydroxyl groups is 1. The van der Waals surface area contributed by atoms with Gasteiger partial charge in [-0.1, -0.05) is 12.1 Å². The van der Waals surface area contributed by atoms with Crippen molar-refractivity contribution in [2.45, 2.75) is 18.7 Å². The van der Waals surface area contributed by atoms with E-state index in [1.54, 1.807) is 6.92 Å². The Morgan fingerprint density at radius 1 is 1.21 bits per heavy atom. The van der Waals surface area contributed by atoms with Crippen LogP contribution in [0.25, 0.3) is 0 Å². The molecular formula is C17H25F3N2O2. The molecule has 1 aromatic rings. The van der Waals surface area contributed by atoms with Gasteiger partial charge in [-0.2, -0.15) is 13.2 Å². The number of hydrogen-bond donors (Lipinski definition) is 1. The molecule has 136 valence electrons. The van der Waals surface area contributed by atoms with Crippen LogP contribution in [0.1, 0.15) is 18.1 Å². The lowest BCUT2D eigenvalue weighted by atomic mass is 9.93. The van der Waals surface area contributed by atoms with Gasteiger partial charge >= 0.3 is 6.18 Å². The third kappa shape index (κ3) is 5.44. The maximum atomic E-state index is 12.8. The van der Waals surface area contributed by atoms with Crippen molar-refractivity contribution in [3.63, 3.8) is 0 Å². The van der Waals surface area contributed by atoms with E-state index in [-0.39, 0.29) is 12.1 Å². The lowest BCUT2D eigenvalue weighted by Crippen LogP contribution is -2.43. The molecule has 4 nitrogen and oxygen atoms in total. The minimum Gasteiger partial charge on any atom is -0.384 e. The van der Waals surface area contributed by atoms with E-state index < -0.39 is 17.3 Å². The quantitative estimate of drug-likeness (QED) is 0.857. The zero-order valence-corrected chi connectivity index (χ0v) is 14.1. The van der Waals surface area contributed by atoms with E-state index in [9.17, 15) is 18.3 Å². The van der Waals surface area contributed by atoms with Crippen LogP contribution in [0.15, 0.2) is 24.3 Å². The number of hydrogen-bond acceptors (Lipinski definition) is 4. The predicted molar refractivity (Wildman–Crippen MR) is 85.8 cm³/mol. The summed E-state index contributed by atoms with van der Waals surface area (Å²) < 4.78 is 43.8. The highest BCUT2D eigenvalue weighted by Crippen LogP contribution is 2.32. The van der Waals surface area contributed by atoms with Crippen molar-refractivity contribution in [2.24, 2.45) is 0 Å². The monoisotopic (exact) mass is 346 g/mol. The number of likely N-dealkylation sites (N-methyl/N-ethyl adjacent to an activating group) is 1. The topological polar surface area (TPSA) is 35.9 Å². The van der Waals surface area contributed by atoms with Gasteiger partial charge in [-0.15, -0.1) is 0 Å². The molecule has 0 radical (unpaired) electrons. The standard InChI is InChI=1S/C17H25F3N2O2/c1-16(23,14-4-3-5-15(12-14)17(18,19)20)13-21(2)6-7-22-8-10-24-11-9-22/h3-5,12,23H,6-11,13H2,1-2H3. The Balaban J connectivity index is 1.94. The van der Waals surface area contributed by atoms with Gasteiger partial charge in [0.15, 0.2) is 0 Å². The van der Waals surface area contributed by atoms with Gasteiger partial charge in [-0.25, -0.2) is 0 Å². The normalized spacial score (nSPS) is 19.5. The van der Waals surface area contributed by atoms with Gasteiger partial charge in [0.05, 0.1) is 24.4 Å². The Kier molecular flexibility index (Phi) is 6.25. The van der Waals surface area contributed by atoms with Gasteiger partial charge in [0.1, 0.15) is 0 Å². The first-order valence-corrected chi connectivity index (χ1v) is 8.07. The summed E-state index contributed by atoms with van der Waals surface area (Å²) in [7, 11) is 1.86. The molecular weight excluding hydrogens is 321 g/mol. The molecule has 24 heavy (non-hydrogen) atoms. The summed E-state index contributed by atoms with van der Waals surface area (Å²) in [5, 5.41) is 10.6. The minimum atomic E-state index is -4.41. The summed E-state index contributed by atoms with van der Waals surface area (Å²) in [6, 6.07) is 4.91. The lowest BCUT2D eigenvalue weighted by molar-refractivity contribution is -0.137. The number of alkyl halides is 3. The van der Waals surface area contributed by atoms with Gasteiger partial charge < -0.3 is 14.7 Å². The van der Waals surface area contributed by atoms with Gasteiger partial charge in [-0.05, 0) is 31.7 Å². The molecule has 1 saturated heterocycles. The first-order chi connectivity index (χ1) is 11.2. The van der Waals surface area contributed by atoms with Crippen LogP contribution in [0.4, 0.5) is 13.2 Å². The zero-order chi connectivity index (χ0) is 17.8. The fourth-order valence-corrected chi connectivity index (χ4v) is 2.86. The van der Waals surface area contributed by atoms with E-state index in [2.05, 4.69) is 4.90 Å². The molecule has 1 unspecified atom stereocenters. The molecule has 2 rings (SSSR count). The van der Waals surface area contributed by atoms with E-state index in [4.69, 9.17) is 4.74 Å². The SMILES string of the molecule is CN(CCN1CCOCC1)CC(C)(O)c1cccc(C(F)(F)F)c1. The number of morpholine rings is 1. The van der Waals surface area contributed by atoms with Crippen molar-refractivity contribution in [3.8, 4) is 0 Å². The van der Waals surface area contributed by atoms with Gasteiger partial charge in [0.25, 0.3) is 0 Å². The third-order valence-corrected chi connectivity index (χ3v) is 4.29. The molecule has 1 atom stereocenters. The molecule has 1 aromatic carbocycles. The molecule has 1 aliphatic rings. The average Bonchev–Trinajstić information content (AvgIpc) is 2.53. The Morgan fingerprint density at radius 2 is 1.83 bits per heavy atom. The van der Waals surface area contributed by atoms with Gasteiger partial charge in [-0.3, -0.25) is 4.90 Å². The van der Waals surface area contributed by atoms with Crippen LogP contribution in [-0.4, -0.2) is 67.9 Å². The Labute approximate surface area is 140 Å². The van der Waals surface area contributed by atoms with Crippen molar-refractivity contribution >= 4 is 0 Å². The molecule has 0 bridgehead atoms. The van der Waals surface area contributed by atoms with Crippen molar-refractivity contribution in [3.05, 3.63) is 35.4 Å². The van der Waals surface area contributed by atoms with Crippen LogP contribution < -0.4 is 0 Å². The smallest absolute Gasteiger partial charge is 0.384 e. The second-order valence-electron chi connectivity index (χ2n) is 6.54. The van der Waals surface area contributed by atoms with E-state index in [0.29, 0.717) is 0 Å². The minimum absolute atomic E-state index is 0.263. The van der Waals surface area contributed by atoms with Crippen LogP contribution in [0.3, 0.4) is 0 Å². The highest BCUT2D eigenvalue weighted by atomic mass is 19.4. The Morgan fingerprint density at radius 3 is 2.46 bits per heavy atom. The number of nitrogens with zero attached hydrogens (tertiary/aromatic N) is 2. The van der Waals surface area contributed by atoms with Crippen molar-refractivity contribution in [1.29, 1.82) is 0 Å². The second kappa shape index (κ2) is 7.82. The highest BCUT2D eigenvalue weighted by molar-refractivity contribution is 5.29. The Bertz CT molecular complexity index is 529. The summed E-state index contributed by atoms with van der Waals surface area (Å²) in [6.45, 7) is 6.62. The molecule has 1 aliphatic heterocycles. The number of halogens is 3. The molecule has 1 heterocycles. The van der Waals surface area contributed by atoms with Gasteiger partial charge in [0, 0.05) is 32.7 Å². The van der Waals surface area contributed by atoms with Crippen LogP contribution in [0.5, 0.6) is 0 Å². The first kappa shape index (κ1) is 19.2. The van der Waals surface area contributed by atoms with Crippen molar-refractivity contribution in [1.82, 2.24) is 9.80 Å². The average molecular weight is 346 g/mol. The second-order valence-corrected chi connectivity index (χ2v) is 6.54.